The Balaban J connectivity index is 1.57. The van der Waals surface area contributed by atoms with Crippen molar-refractivity contribution in [3.8, 4) is 5.75 Å². The number of carbonyl (C=O) groups excluding carboxylic acids is 1. The molecule has 3 rings (SSSR count). The van der Waals surface area contributed by atoms with Gasteiger partial charge in [0.25, 0.3) is 5.91 Å². The fraction of sp³-hybridized carbons (Fsp3) is 0.588. The summed E-state index contributed by atoms with van der Waals surface area (Å²) >= 11 is 0. The lowest BCUT2D eigenvalue weighted by Gasteiger charge is -2.33. The van der Waals surface area contributed by atoms with Gasteiger partial charge in [-0.1, -0.05) is 6.07 Å². The van der Waals surface area contributed by atoms with Gasteiger partial charge >= 0.3 is 0 Å². The molecule has 0 N–H and O–H groups in total. The molecule has 1 unspecified atom stereocenters. The zero-order valence-electron chi connectivity index (χ0n) is 12.2. The predicted molar refractivity (Wildman–Crippen MR) is 79.0 cm³/mol. The minimum absolute atomic E-state index is 0.123. The number of likely N-dealkylation sites (tertiary alicyclic amines) is 1. The molecule has 1 aromatic rings. The Bertz CT molecular complexity index is 498. The Labute approximate surface area is 120 Å². The van der Waals surface area contributed by atoms with Crippen LogP contribution >= 0.6 is 0 Å². The first-order chi connectivity index (χ1) is 9.74. The van der Waals surface area contributed by atoms with Gasteiger partial charge in [-0.25, -0.2) is 0 Å². The highest BCUT2D eigenvalue weighted by Gasteiger charge is 2.23. The monoisotopic (exact) mass is 273 g/mol. The number of hydrogen-bond acceptors (Lipinski definition) is 2. The zero-order valence-corrected chi connectivity index (χ0v) is 12.2. The zero-order chi connectivity index (χ0) is 13.9. The quantitative estimate of drug-likeness (QED) is 0.847. The van der Waals surface area contributed by atoms with Crippen molar-refractivity contribution in [1.82, 2.24) is 4.90 Å². The largest absolute Gasteiger partial charge is 0.484 e. The van der Waals surface area contributed by atoms with Crippen LogP contribution in [0.2, 0.25) is 0 Å². The molecule has 0 spiro atoms. The molecule has 1 aromatic carbocycles. The van der Waals surface area contributed by atoms with Crippen molar-refractivity contribution in [2.45, 2.75) is 51.5 Å². The normalized spacial score (nSPS) is 21.6. The van der Waals surface area contributed by atoms with Gasteiger partial charge < -0.3 is 9.64 Å². The molecular formula is C17H23NO2. The molecule has 1 heterocycles. The highest BCUT2D eigenvalue weighted by molar-refractivity contribution is 5.78. The molecule has 20 heavy (non-hydrogen) atoms. The van der Waals surface area contributed by atoms with Gasteiger partial charge in [0.15, 0.2) is 6.61 Å². The molecule has 2 aliphatic rings. The summed E-state index contributed by atoms with van der Waals surface area (Å²) in [5.74, 6) is 0.960. The van der Waals surface area contributed by atoms with Crippen molar-refractivity contribution < 1.29 is 9.53 Å². The van der Waals surface area contributed by atoms with E-state index in [9.17, 15) is 4.79 Å². The van der Waals surface area contributed by atoms with Crippen LogP contribution in [0.5, 0.6) is 5.75 Å². The van der Waals surface area contributed by atoms with E-state index in [1.807, 2.05) is 11.0 Å². The smallest absolute Gasteiger partial charge is 0.260 e. The molecular weight excluding hydrogens is 250 g/mol. The number of rotatable bonds is 3. The van der Waals surface area contributed by atoms with Crippen LogP contribution in [0.3, 0.4) is 0 Å². The van der Waals surface area contributed by atoms with E-state index >= 15 is 0 Å². The van der Waals surface area contributed by atoms with Gasteiger partial charge in [-0.2, -0.15) is 0 Å². The number of fused-ring (bicyclic) bond motifs is 1. The maximum atomic E-state index is 12.2. The third-order valence-corrected chi connectivity index (χ3v) is 4.56. The van der Waals surface area contributed by atoms with E-state index in [4.69, 9.17) is 4.74 Å². The van der Waals surface area contributed by atoms with Crippen LogP contribution in [0.4, 0.5) is 0 Å². The number of amides is 1. The third-order valence-electron chi connectivity index (χ3n) is 4.56. The average Bonchev–Trinajstić information content (AvgIpc) is 2.92. The van der Waals surface area contributed by atoms with Crippen molar-refractivity contribution in [3.05, 3.63) is 29.3 Å². The number of aryl methyl sites for hydroxylation is 2. The first-order valence-corrected chi connectivity index (χ1v) is 7.78. The second-order valence-corrected chi connectivity index (χ2v) is 6.00. The highest BCUT2D eigenvalue weighted by atomic mass is 16.5. The molecule has 1 saturated heterocycles. The second kappa shape index (κ2) is 5.86. The lowest BCUT2D eigenvalue weighted by molar-refractivity contribution is -0.136. The maximum absolute atomic E-state index is 12.2. The van der Waals surface area contributed by atoms with Gasteiger partial charge in [0.05, 0.1) is 0 Å². The van der Waals surface area contributed by atoms with E-state index in [-0.39, 0.29) is 12.5 Å². The molecule has 0 radical (unpaired) electrons. The fourth-order valence-electron chi connectivity index (χ4n) is 3.33. The van der Waals surface area contributed by atoms with Crippen molar-refractivity contribution in [1.29, 1.82) is 0 Å². The van der Waals surface area contributed by atoms with Crippen molar-refractivity contribution in [3.63, 3.8) is 0 Å². The van der Waals surface area contributed by atoms with Gasteiger partial charge in [0.1, 0.15) is 5.75 Å². The number of carbonyl (C=O) groups is 1. The van der Waals surface area contributed by atoms with Crippen LogP contribution < -0.4 is 4.74 Å². The molecule has 1 aliphatic carbocycles. The molecule has 1 atom stereocenters. The highest BCUT2D eigenvalue weighted by Crippen LogP contribution is 2.26. The molecule has 0 bridgehead atoms. The Morgan fingerprint density at radius 2 is 2.10 bits per heavy atom. The van der Waals surface area contributed by atoms with Crippen LogP contribution in [-0.2, 0) is 17.6 Å². The van der Waals surface area contributed by atoms with Gasteiger partial charge in [-0.05, 0) is 68.7 Å². The van der Waals surface area contributed by atoms with E-state index in [0.717, 1.165) is 31.6 Å². The SMILES string of the molecule is CC1CCCCN1C(=O)COc1ccc2c(c1)CCC2. The second-order valence-electron chi connectivity index (χ2n) is 6.00. The van der Waals surface area contributed by atoms with E-state index in [0.29, 0.717) is 6.04 Å². The summed E-state index contributed by atoms with van der Waals surface area (Å²) in [5, 5.41) is 0. The summed E-state index contributed by atoms with van der Waals surface area (Å²) in [6.45, 7) is 3.18. The van der Waals surface area contributed by atoms with Gasteiger partial charge in [0.2, 0.25) is 0 Å². The molecule has 0 saturated carbocycles. The summed E-state index contributed by atoms with van der Waals surface area (Å²) in [7, 11) is 0. The van der Waals surface area contributed by atoms with Crippen LogP contribution in [-0.4, -0.2) is 30.0 Å². The minimum Gasteiger partial charge on any atom is -0.484 e. The lowest BCUT2D eigenvalue weighted by Crippen LogP contribution is -2.44. The first-order valence-electron chi connectivity index (χ1n) is 7.78. The Kier molecular flexibility index (Phi) is 3.95. The third kappa shape index (κ3) is 2.82. The summed E-state index contributed by atoms with van der Waals surface area (Å²) in [4.78, 5) is 14.2. The molecule has 3 heteroatoms. The number of nitrogens with zero attached hydrogens (tertiary/aromatic N) is 1. The van der Waals surface area contributed by atoms with E-state index in [1.165, 1.54) is 30.4 Å². The van der Waals surface area contributed by atoms with Crippen molar-refractivity contribution in [2.75, 3.05) is 13.2 Å². The Morgan fingerprint density at radius 3 is 2.95 bits per heavy atom. The molecule has 1 aliphatic heterocycles. The van der Waals surface area contributed by atoms with Crippen LogP contribution in [0.25, 0.3) is 0 Å². The summed E-state index contributed by atoms with van der Waals surface area (Å²) in [5.41, 5.74) is 2.83. The van der Waals surface area contributed by atoms with Crippen LogP contribution in [0, 0.1) is 0 Å². The predicted octanol–water partition coefficient (Wildman–Crippen LogP) is 2.96. The topological polar surface area (TPSA) is 29.5 Å². The fourth-order valence-corrected chi connectivity index (χ4v) is 3.33. The number of hydrogen-bond donors (Lipinski definition) is 0. The molecule has 108 valence electrons. The maximum Gasteiger partial charge on any atom is 0.260 e. The average molecular weight is 273 g/mol. The van der Waals surface area contributed by atoms with E-state index in [2.05, 4.69) is 19.1 Å². The number of piperidine rings is 1. The Hall–Kier alpha value is -1.51. The molecule has 0 aromatic heterocycles. The number of ether oxygens (including phenoxy) is 1. The van der Waals surface area contributed by atoms with Crippen LogP contribution in [0.1, 0.15) is 43.7 Å². The van der Waals surface area contributed by atoms with Gasteiger partial charge in [-0.15, -0.1) is 0 Å². The summed E-state index contributed by atoms with van der Waals surface area (Å²) < 4.78 is 5.70. The molecule has 3 nitrogen and oxygen atoms in total. The summed E-state index contributed by atoms with van der Waals surface area (Å²) in [6, 6.07) is 6.61. The minimum atomic E-state index is 0.123. The van der Waals surface area contributed by atoms with Crippen molar-refractivity contribution in [2.24, 2.45) is 0 Å². The van der Waals surface area contributed by atoms with E-state index in [1.54, 1.807) is 0 Å². The summed E-state index contributed by atoms with van der Waals surface area (Å²) in [6.07, 6.45) is 7.03. The molecule has 1 amide bonds. The standard InChI is InChI=1S/C17H23NO2/c1-13-5-2-3-10-18(13)17(19)12-20-16-9-8-14-6-4-7-15(14)11-16/h8-9,11,13H,2-7,10,12H2,1H3. The molecule has 1 fully saturated rings. The van der Waals surface area contributed by atoms with Crippen molar-refractivity contribution >= 4 is 5.91 Å². The Morgan fingerprint density at radius 1 is 1.25 bits per heavy atom. The van der Waals surface area contributed by atoms with E-state index < -0.39 is 0 Å². The first kappa shape index (κ1) is 13.5. The lowest BCUT2D eigenvalue weighted by atomic mass is 10.0. The van der Waals surface area contributed by atoms with Crippen LogP contribution in [0.15, 0.2) is 18.2 Å². The number of benzene rings is 1. The van der Waals surface area contributed by atoms with Gasteiger partial charge in [0, 0.05) is 12.6 Å². The van der Waals surface area contributed by atoms with Gasteiger partial charge in [-0.3, -0.25) is 4.79 Å².